The predicted molar refractivity (Wildman–Crippen MR) is 167 cm³/mol. The zero-order chi connectivity index (χ0) is 30.3. The molecular formula is C31H28Cl3N3O4S. The standard InChI is InChI=1S/C31H28Cl3N3O4S/c1-35-31(39)29(18-22-8-4-2-5-9-22)36(20-23-12-14-24(32)15-13-23)30(38)21-37(25-16-17-27(33)28(34)19-25)42(40,41)26-10-6-3-7-11-26/h2-17,19,29H,18,20-21H2,1H3,(H,35,39)/t29-/m1/s1. The van der Waals surface area contributed by atoms with Crippen molar-refractivity contribution in [2.24, 2.45) is 0 Å². The first-order chi connectivity index (χ1) is 20.1. The lowest BCUT2D eigenvalue weighted by atomic mass is 10.0. The van der Waals surface area contributed by atoms with Crippen LogP contribution in [0.5, 0.6) is 0 Å². The number of rotatable bonds is 11. The summed E-state index contributed by atoms with van der Waals surface area (Å²) in [6, 6.07) is 27.3. The lowest BCUT2D eigenvalue weighted by Gasteiger charge is -2.33. The van der Waals surface area contributed by atoms with E-state index in [1.807, 2.05) is 30.3 Å². The highest BCUT2D eigenvalue weighted by Crippen LogP contribution is 2.31. The van der Waals surface area contributed by atoms with Crippen molar-refractivity contribution in [2.45, 2.75) is 23.9 Å². The highest BCUT2D eigenvalue weighted by molar-refractivity contribution is 7.92. The van der Waals surface area contributed by atoms with Gasteiger partial charge in [0.2, 0.25) is 11.8 Å². The number of benzene rings is 4. The van der Waals surface area contributed by atoms with Crippen LogP contribution < -0.4 is 9.62 Å². The number of carbonyl (C=O) groups is 2. The van der Waals surface area contributed by atoms with Crippen LogP contribution in [-0.2, 0) is 32.6 Å². The lowest BCUT2D eigenvalue weighted by Crippen LogP contribution is -2.53. The zero-order valence-electron chi connectivity index (χ0n) is 22.6. The molecule has 0 aliphatic rings. The van der Waals surface area contributed by atoms with Gasteiger partial charge in [-0.2, -0.15) is 0 Å². The average Bonchev–Trinajstić information content (AvgIpc) is 3.00. The van der Waals surface area contributed by atoms with Crippen molar-refractivity contribution in [3.8, 4) is 0 Å². The molecule has 0 aliphatic heterocycles. The summed E-state index contributed by atoms with van der Waals surface area (Å²) < 4.78 is 28.8. The second-order valence-electron chi connectivity index (χ2n) is 9.39. The lowest BCUT2D eigenvalue weighted by molar-refractivity contribution is -0.139. The van der Waals surface area contributed by atoms with Gasteiger partial charge < -0.3 is 10.2 Å². The SMILES string of the molecule is CNC(=O)[C@@H](Cc1ccccc1)N(Cc1ccc(Cl)cc1)C(=O)CN(c1ccc(Cl)c(Cl)c1)S(=O)(=O)c1ccccc1. The van der Waals surface area contributed by atoms with E-state index in [0.717, 1.165) is 9.87 Å². The Hall–Kier alpha value is -3.56. The maximum atomic E-state index is 14.2. The van der Waals surface area contributed by atoms with Crippen molar-refractivity contribution < 1.29 is 18.0 Å². The Morgan fingerprint density at radius 1 is 0.786 bits per heavy atom. The van der Waals surface area contributed by atoms with Crippen LogP contribution in [0.15, 0.2) is 108 Å². The Labute approximate surface area is 260 Å². The average molecular weight is 645 g/mol. The first-order valence-corrected chi connectivity index (χ1v) is 15.5. The molecule has 1 N–H and O–H groups in total. The number of anilines is 1. The van der Waals surface area contributed by atoms with E-state index < -0.39 is 34.4 Å². The number of carbonyl (C=O) groups excluding carboxylic acids is 2. The van der Waals surface area contributed by atoms with Crippen molar-refractivity contribution in [1.29, 1.82) is 0 Å². The van der Waals surface area contributed by atoms with Crippen LogP contribution in [0.1, 0.15) is 11.1 Å². The Kier molecular flexibility index (Phi) is 10.5. The summed E-state index contributed by atoms with van der Waals surface area (Å²) in [5, 5.41) is 3.53. The molecule has 11 heteroatoms. The van der Waals surface area contributed by atoms with E-state index in [1.165, 1.54) is 42.3 Å². The quantitative estimate of drug-likeness (QED) is 0.210. The molecule has 0 bridgehead atoms. The van der Waals surface area contributed by atoms with E-state index in [4.69, 9.17) is 34.8 Å². The Morgan fingerprint density at radius 3 is 2.00 bits per heavy atom. The molecule has 1 atom stereocenters. The molecule has 0 unspecified atom stereocenters. The Balaban J connectivity index is 1.79. The number of hydrogen-bond donors (Lipinski definition) is 1. The van der Waals surface area contributed by atoms with E-state index in [0.29, 0.717) is 10.6 Å². The summed E-state index contributed by atoms with van der Waals surface area (Å²) in [4.78, 5) is 28.9. The first kappa shape index (κ1) is 31.4. The van der Waals surface area contributed by atoms with Gasteiger partial charge in [0, 0.05) is 25.0 Å². The first-order valence-electron chi connectivity index (χ1n) is 12.9. The van der Waals surface area contributed by atoms with Crippen LogP contribution in [0.4, 0.5) is 5.69 Å². The summed E-state index contributed by atoms with van der Waals surface area (Å²) in [5.41, 5.74) is 1.69. The van der Waals surface area contributed by atoms with Crippen molar-refractivity contribution in [1.82, 2.24) is 10.2 Å². The minimum Gasteiger partial charge on any atom is -0.357 e. The third kappa shape index (κ3) is 7.63. The number of nitrogens with one attached hydrogen (secondary N) is 1. The van der Waals surface area contributed by atoms with Crippen LogP contribution in [0, 0.1) is 0 Å². The second-order valence-corrected chi connectivity index (χ2v) is 12.5. The molecule has 7 nitrogen and oxygen atoms in total. The molecule has 4 rings (SSSR count). The molecule has 0 saturated heterocycles. The van der Waals surface area contributed by atoms with Gasteiger partial charge in [-0.05, 0) is 53.6 Å². The Bertz CT molecular complexity index is 1640. The Morgan fingerprint density at radius 2 is 1.40 bits per heavy atom. The van der Waals surface area contributed by atoms with Crippen LogP contribution in [0.2, 0.25) is 15.1 Å². The largest absolute Gasteiger partial charge is 0.357 e. The van der Waals surface area contributed by atoms with E-state index in [-0.39, 0.29) is 33.6 Å². The zero-order valence-corrected chi connectivity index (χ0v) is 25.7. The summed E-state index contributed by atoms with van der Waals surface area (Å²) in [5.74, 6) is -0.992. The molecule has 0 radical (unpaired) electrons. The van der Waals surface area contributed by atoms with Gasteiger partial charge in [-0.25, -0.2) is 8.42 Å². The van der Waals surface area contributed by atoms with E-state index in [2.05, 4.69) is 5.32 Å². The summed E-state index contributed by atoms with van der Waals surface area (Å²) in [6.07, 6.45) is 0.206. The molecule has 0 spiro atoms. The number of amides is 2. The number of sulfonamides is 1. The van der Waals surface area contributed by atoms with E-state index >= 15 is 0 Å². The topological polar surface area (TPSA) is 86.8 Å². The van der Waals surface area contributed by atoms with Gasteiger partial charge >= 0.3 is 0 Å². The summed E-state index contributed by atoms with van der Waals surface area (Å²) in [7, 11) is -2.74. The van der Waals surface area contributed by atoms with Crippen molar-refractivity contribution in [3.05, 3.63) is 129 Å². The van der Waals surface area contributed by atoms with Gasteiger partial charge in [0.1, 0.15) is 12.6 Å². The fraction of sp³-hybridized carbons (Fsp3) is 0.161. The molecule has 0 heterocycles. The molecule has 4 aromatic carbocycles. The monoisotopic (exact) mass is 643 g/mol. The molecule has 0 aromatic heterocycles. The fourth-order valence-corrected chi connectivity index (χ4v) is 6.24. The van der Waals surface area contributed by atoms with Gasteiger partial charge in [0.25, 0.3) is 10.0 Å². The highest BCUT2D eigenvalue weighted by atomic mass is 35.5. The molecule has 218 valence electrons. The number of nitrogens with zero attached hydrogens (tertiary/aromatic N) is 2. The van der Waals surface area contributed by atoms with Crippen LogP contribution >= 0.6 is 34.8 Å². The molecular weight excluding hydrogens is 617 g/mol. The minimum atomic E-state index is -4.24. The summed E-state index contributed by atoms with van der Waals surface area (Å²) >= 11 is 18.5. The van der Waals surface area contributed by atoms with Crippen LogP contribution in [0.3, 0.4) is 0 Å². The maximum absolute atomic E-state index is 14.2. The van der Waals surface area contributed by atoms with Gasteiger partial charge in [-0.1, -0.05) is 95.5 Å². The van der Waals surface area contributed by atoms with Crippen molar-refractivity contribution >= 4 is 62.3 Å². The molecule has 0 fully saturated rings. The molecule has 0 aliphatic carbocycles. The number of hydrogen-bond acceptors (Lipinski definition) is 4. The minimum absolute atomic E-state index is 0.0136. The third-order valence-electron chi connectivity index (χ3n) is 6.58. The summed E-state index contributed by atoms with van der Waals surface area (Å²) in [6.45, 7) is -0.577. The van der Waals surface area contributed by atoms with E-state index in [1.54, 1.807) is 42.5 Å². The van der Waals surface area contributed by atoms with E-state index in [9.17, 15) is 18.0 Å². The van der Waals surface area contributed by atoms with Gasteiger partial charge in [-0.3, -0.25) is 13.9 Å². The molecule has 0 saturated carbocycles. The maximum Gasteiger partial charge on any atom is 0.264 e. The smallest absolute Gasteiger partial charge is 0.264 e. The van der Waals surface area contributed by atoms with Crippen molar-refractivity contribution in [2.75, 3.05) is 17.9 Å². The molecule has 42 heavy (non-hydrogen) atoms. The predicted octanol–water partition coefficient (Wildman–Crippen LogP) is 6.23. The van der Waals surface area contributed by atoms with Gasteiger partial charge in [0.15, 0.2) is 0 Å². The van der Waals surface area contributed by atoms with Crippen molar-refractivity contribution in [3.63, 3.8) is 0 Å². The number of halogens is 3. The van der Waals surface area contributed by atoms with Gasteiger partial charge in [-0.15, -0.1) is 0 Å². The third-order valence-corrected chi connectivity index (χ3v) is 9.36. The fourth-order valence-electron chi connectivity index (χ4n) is 4.40. The highest BCUT2D eigenvalue weighted by Gasteiger charge is 2.34. The number of likely N-dealkylation sites (N-methyl/N-ethyl adjacent to an activating group) is 1. The van der Waals surface area contributed by atoms with Crippen LogP contribution in [0.25, 0.3) is 0 Å². The normalized spacial score (nSPS) is 11.9. The second kappa shape index (κ2) is 14.1. The van der Waals surface area contributed by atoms with Gasteiger partial charge in [0.05, 0.1) is 20.6 Å². The van der Waals surface area contributed by atoms with Crippen LogP contribution in [-0.4, -0.2) is 44.8 Å². The molecule has 4 aromatic rings. The molecule has 2 amide bonds.